The third-order valence-corrected chi connectivity index (χ3v) is 6.05. The summed E-state index contributed by atoms with van der Waals surface area (Å²) in [5.74, 6) is -0.783. The van der Waals surface area contributed by atoms with Crippen LogP contribution in [-0.4, -0.2) is 32.4 Å². The Morgan fingerprint density at radius 2 is 1.76 bits per heavy atom. The maximum absolute atomic E-state index is 12.3. The third kappa shape index (κ3) is 5.39. The van der Waals surface area contributed by atoms with Gasteiger partial charge in [0.2, 0.25) is 5.91 Å². The number of esters is 1. The predicted molar refractivity (Wildman–Crippen MR) is 109 cm³/mol. The van der Waals surface area contributed by atoms with Gasteiger partial charge in [0.1, 0.15) is 0 Å². The average Bonchev–Trinajstić information content (AvgIpc) is 3.14. The van der Waals surface area contributed by atoms with Crippen molar-refractivity contribution in [3.8, 4) is 0 Å². The Labute approximate surface area is 171 Å². The quantitative estimate of drug-likeness (QED) is 0.556. The Bertz CT molecular complexity index is 1110. The Hall–Kier alpha value is -3.24. The van der Waals surface area contributed by atoms with E-state index < -0.39 is 16.0 Å². The number of aromatic nitrogens is 1. The van der Waals surface area contributed by atoms with E-state index in [1.54, 1.807) is 47.8 Å². The molecule has 0 atom stereocenters. The highest BCUT2D eigenvalue weighted by molar-refractivity contribution is 7.93. The SMILES string of the molecule is COC(=O)c1ccc(NC(=O)Cc2csc(NS(=O)(=O)c3ccccc3)n2)cc1. The Balaban J connectivity index is 1.60. The van der Waals surface area contributed by atoms with Crippen LogP contribution in [0.25, 0.3) is 0 Å². The summed E-state index contributed by atoms with van der Waals surface area (Å²) in [6, 6.07) is 14.2. The van der Waals surface area contributed by atoms with Crippen molar-refractivity contribution in [2.24, 2.45) is 0 Å². The minimum Gasteiger partial charge on any atom is -0.465 e. The first-order valence-electron chi connectivity index (χ1n) is 8.38. The summed E-state index contributed by atoms with van der Waals surface area (Å²) in [6.07, 6.45) is -0.0255. The number of carbonyl (C=O) groups is 2. The fraction of sp³-hybridized carbons (Fsp3) is 0.105. The maximum atomic E-state index is 12.3. The summed E-state index contributed by atoms with van der Waals surface area (Å²) in [7, 11) is -2.44. The van der Waals surface area contributed by atoms with Crippen molar-refractivity contribution in [2.45, 2.75) is 11.3 Å². The van der Waals surface area contributed by atoms with Gasteiger partial charge in [0.25, 0.3) is 10.0 Å². The summed E-state index contributed by atoms with van der Waals surface area (Å²) in [6.45, 7) is 0. The van der Waals surface area contributed by atoms with Crippen LogP contribution in [0.15, 0.2) is 64.9 Å². The van der Waals surface area contributed by atoms with Crippen LogP contribution in [0.3, 0.4) is 0 Å². The fourth-order valence-corrected chi connectivity index (χ4v) is 4.37. The van der Waals surface area contributed by atoms with E-state index in [1.165, 1.54) is 19.2 Å². The summed E-state index contributed by atoms with van der Waals surface area (Å²) in [5.41, 5.74) is 1.33. The molecule has 0 aliphatic heterocycles. The zero-order valence-electron chi connectivity index (χ0n) is 15.3. The summed E-state index contributed by atoms with van der Waals surface area (Å²) in [5, 5.41) is 4.49. The molecule has 29 heavy (non-hydrogen) atoms. The van der Waals surface area contributed by atoms with Gasteiger partial charge in [-0.3, -0.25) is 9.52 Å². The molecule has 0 radical (unpaired) electrons. The molecule has 3 aromatic rings. The summed E-state index contributed by atoms with van der Waals surface area (Å²) >= 11 is 1.09. The summed E-state index contributed by atoms with van der Waals surface area (Å²) < 4.78 is 31.7. The van der Waals surface area contributed by atoms with E-state index >= 15 is 0 Å². The van der Waals surface area contributed by atoms with Crippen LogP contribution >= 0.6 is 11.3 Å². The molecule has 0 saturated heterocycles. The zero-order valence-corrected chi connectivity index (χ0v) is 16.9. The van der Waals surface area contributed by atoms with Gasteiger partial charge in [-0.15, -0.1) is 11.3 Å². The standard InChI is InChI=1S/C19H17N3O5S2/c1-27-18(24)13-7-9-14(10-8-13)20-17(23)11-15-12-28-19(21-15)22-29(25,26)16-5-3-2-4-6-16/h2-10,12H,11H2,1H3,(H,20,23)(H,21,22). The molecule has 0 aliphatic carbocycles. The van der Waals surface area contributed by atoms with Crippen LogP contribution in [0, 0.1) is 0 Å². The van der Waals surface area contributed by atoms with Gasteiger partial charge in [-0.2, -0.15) is 0 Å². The molecule has 2 aromatic carbocycles. The molecule has 1 aromatic heterocycles. The molecule has 3 rings (SSSR count). The number of nitrogens with zero attached hydrogens (tertiary/aromatic N) is 1. The van der Waals surface area contributed by atoms with E-state index in [2.05, 4.69) is 19.8 Å². The maximum Gasteiger partial charge on any atom is 0.337 e. The van der Waals surface area contributed by atoms with Crippen molar-refractivity contribution < 1.29 is 22.7 Å². The van der Waals surface area contributed by atoms with Crippen molar-refractivity contribution in [1.29, 1.82) is 0 Å². The number of ether oxygens (including phenoxy) is 1. The Morgan fingerprint density at radius 3 is 2.41 bits per heavy atom. The lowest BCUT2D eigenvalue weighted by Gasteiger charge is -2.05. The number of sulfonamides is 1. The van der Waals surface area contributed by atoms with Gasteiger partial charge in [0, 0.05) is 11.1 Å². The van der Waals surface area contributed by atoms with Gasteiger partial charge in [-0.1, -0.05) is 18.2 Å². The topological polar surface area (TPSA) is 114 Å². The highest BCUT2D eigenvalue weighted by atomic mass is 32.2. The van der Waals surface area contributed by atoms with Gasteiger partial charge in [0.05, 0.1) is 29.7 Å². The minimum atomic E-state index is -3.73. The average molecular weight is 431 g/mol. The minimum absolute atomic E-state index is 0.0255. The van der Waals surface area contributed by atoms with E-state index in [1.807, 2.05) is 0 Å². The number of thiazole rings is 1. The van der Waals surface area contributed by atoms with Gasteiger partial charge in [-0.05, 0) is 36.4 Å². The van der Waals surface area contributed by atoms with Crippen molar-refractivity contribution >= 4 is 44.1 Å². The van der Waals surface area contributed by atoms with E-state index in [4.69, 9.17) is 0 Å². The van der Waals surface area contributed by atoms with Crippen LogP contribution < -0.4 is 10.0 Å². The fourth-order valence-electron chi connectivity index (χ4n) is 2.39. The van der Waals surface area contributed by atoms with Gasteiger partial charge < -0.3 is 10.1 Å². The molecule has 0 unspecified atom stereocenters. The van der Waals surface area contributed by atoms with E-state index in [0.717, 1.165) is 11.3 Å². The van der Waals surface area contributed by atoms with E-state index in [9.17, 15) is 18.0 Å². The first-order valence-corrected chi connectivity index (χ1v) is 10.7. The number of carbonyl (C=O) groups excluding carboxylic acids is 2. The normalized spacial score (nSPS) is 10.9. The van der Waals surface area contributed by atoms with Crippen molar-refractivity contribution in [2.75, 3.05) is 17.1 Å². The summed E-state index contributed by atoms with van der Waals surface area (Å²) in [4.78, 5) is 27.9. The number of anilines is 2. The zero-order chi connectivity index (χ0) is 20.9. The first kappa shape index (κ1) is 20.5. The largest absolute Gasteiger partial charge is 0.465 e. The second-order valence-corrected chi connectivity index (χ2v) is 8.40. The Morgan fingerprint density at radius 1 is 1.07 bits per heavy atom. The molecule has 8 nitrogen and oxygen atoms in total. The molecule has 0 saturated carbocycles. The molecule has 10 heteroatoms. The molecule has 0 aliphatic rings. The molecule has 150 valence electrons. The predicted octanol–water partition coefficient (Wildman–Crippen LogP) is 2.91. The number of amides is 1. The number of rotatable bonds is 7. The highest BCUT2D eigenvalue weighted by Crippen LogP contribution is 2.20. The van der Waals surface area contributed by atoms with E-state index in [-0.39, 0.29) is 22.4 Å². The molecule has 0 fully saturated rings. The van der Waals surface area contributed by atoms with Crippen LogP contribution in [0.4, 0.5) is 10.8 Å². The van der Waals surface area contributed by atoms with Crippen molar-refractivity contribution in [3.05, 3.63) is 71.2 Å². The second kappa shape index (κ2) is 8.84. The molecule has 1 amide bonds. The lowest BCUT2D eigenvalue weighted by atomic mass is 10.2. The van der Waals surface area contributed by atoms with Crippen LogP contribution in [0.1, 0.15) is 16.1 Å². The van der Waals surface area contributed by atoms with Gasteiger partial charge in [-0.25, -0.2) is 18.2 Å². The number of hydrogen-bond acceptors (Lipinski definition) is 7. The van der Waals surface area contributed by atoms with Gasteiger partial charge in [0.15, 0.2) is 5.13 Å². The lowest BCUT2D eigenvalue weighted by Crippen LogP contribution is -2.15. The molecule has 0 spiro atoms. The Kier molecular flexibility index (Phi) is 6.25. The molecule has 0 bridgehead atoms. The van der Waals surface area contributed by atoms with Crippen molar-refractivity contribution in [1.82, 2.24) is 4.98 Å². The number of benzene rings is 2. The van der Waals surface area contributed by atoms with Crippen molar-refractivity contribution in [3.63, 3.8) is 0 Å². The van der Waals surface area contributed by atoms with Crippen LogP contribution in [0.5, 0.6) is 0 Å². The smallest absolute Gasteiger partial charge is 0.337 e. The second-order valence-electron chi connectivity index (χ2n) is 5.86. The molecular weight excluding hydrogens is 414 g/mol. The number of methoxy groups -OCH3 is 1. The van der Waals surface area contributed by atoms with Crippen LogP contribution in [0.2, 0.25) is 0 Å². The third-order valence-electron chi connectivity index (χ3n) is 3.76. The monoisotopic (exact) mass is 431 g/mol. The molecule has 2 N–H and O–H groups in total. The number of nitrogens with one attached hydrogen (secondary N) is 2. The molecular formula is C19H17N3O5S2. The highest BCUT2D eigenvalue weighted by Gasteiger charge is 2.16. The van der Waals surface area contributed by atoms with Gasteiger partial charge >= 0.3 is 5.97 Å². The number of hydrogen-bond donors (Lipinski definition) is 2. The first-order chi connectivity index (χ1) is 13.9. The van der Waals surface area contributed by atoms with E-state index in [0.29, 0.717) is 16.9 Å². The molecule has 1 heterocycles. The van der Waals surface area contributed by atoms with Crippen LogP contribution in [-0.2, 0) is 26.0 Å². The lowest BCUT2D eigenvalue weighted by molar-refractivity contribution is -0.115.